The Morgan fingerprint density at radius 1 is 1.77 bits per heavy atom. The highest BCUT2D eigenvalue weighted by Crippen LogP contribution is 2.19. The lowest BCUT2D eigenvalue weighted by Gasteiger charge is -2.33. The first-order valence-electron chi connectivity index (χ1n) is 4.51. The van der Waals surface area contributed by atoms with Crippen LogP contribution < -0.4 is 11.3 Å². The van der Waals surface area contributed by atoms with Crippen LogP contribution in [-0.2, 0) is 4.79 Å². The van der Waals surface area contributed by atoms with Gasteiger partial charge in [-0.25, -0.2) is 5.84 Å². The van der Waals surface area contributed by atoms with Crippen LogP contribution in [0, 0.1) is 0 Å². The second-order valence-electron chi connectivity index (χ2n) is 3.36. The molecule has 1 aliphatic heterocycles. The van der Waals surface area contributed by atoms with E-state index in [1.54, 1.807) is 0 Å². The molecule has 0 bridgehead atoms. The summed E-state index contributed by atoms with van der Waals surface area (Å²) in [7, 11) is 0. The summed E-state index contributed by atoms with van der Waals surface area (Å²) in [4.78, 5) is 13.4. The van der Waals surface area contributed by atoms with Gasteiger partial charge in [-0.05, 0) is 6.92 Å². The molecule has 1 amide bonds. The SMILES string of the molecule is CC1CN(C(C)C(=O)NN)CCS1. The highest BCUT2D eigenvalue weighted by atomic mass is 32.2. The fourth-order valence-electron chi connectivity index (χ4n) is 1.48. The number of rotatable bonds is 2. The second kappa shape index (κ2) is 4.83. The summed E-state index contributed by atoms with van der Waals surface area (Å²) in [5, 5.41) is 0.613. The van der Waals surface area contributed by atoms with Crippen LogP contribution >= 0.6 is 11.8 Å². The van der Waals surface area contributed by atoms with Gasteiger partial charge in [0, 0.05) is 24.1 Å². The topological polar surface area (TPSA) is 58.4 Å². The van der Waals surface area contributed by atoms with Crippen LogP contribution in [0.2, 0.25) is 0 Å². The van der Waals surface area contributed by atoms with Crippen LogP contribution in [0.15, 0.2) is 0 Å². The van der Waals surface area contributed by atoms with Crippen molar-refractivity contribution in [3.8, 4) is 0 Å². The summed E-state index contributed by atoms with van der Waals surface area (Å²) >= 11 is 1.95. The zero-order valence-corrected chi connectivity index (χ0v) is 8.93. The zero-order valence-electron chi connectivity index (χ0n) is 8.12. The van der Waals surface area contributed by atoms with Crippen molar-refractivity contribution in [1.29, 1.82) is 0 Å². The third-order valence-electron chi connectivity index (χ3n) is 2.34. The van der Waals surface area contributed by atoms with Crippen molar-refractivity contribution in [2.24, 2.45) is 5.84 Å². The maximum atomic E-state index is 11.2. The minimum atomic E-state index is -0.103. The average Bonchev–Trinajstić information content (AvgIpc) is 2.15. The summed E-state index contributed by atoms with van der Waals surface area (Å²) in [6, 6.07) is -0.103. The standard InChI is InChI=1S/C8H17N3OS/c1-6-5-11(3-4-13-6)7(2)8(12)10-9/h6-7H,3-5,9H2,1-2H3,(H,10,12). The third kappa shape index (κ3) is 2.86. The molecular weight excluding hydrogens is 186 g/mol. The van der Waals surface area contributed by atoms with Crippen LogP contribution in [0.25, 0.3) is 0 Å². The van der Waals surface area contributed by atoms with Gasteiger partial charge in [-0.1, -0.05) is 6.92 Å². The van der Waals surface area contributed by atoms with Crippen molar-refractivity contribution in [1.82, 2.24) is 10.3 Å². The number of nitrogens with one attached hydrogen (secondary N) is 1. The van der Waals surface area contributed by atoms with Gasteiger partial charge in [0.1, 0.15) is 0 Å². The van der Waals surface area contributed by atoms with Gasteiger partial charge in [-0.3, -0.25) is 15.1 Å². The van der Waals surface area contributed by atoms with Gasteiger partial charge in [0.2, 0.25) is 0 Å². The van der Waals surface area contributed by atoms with Gasteiger partial charge in [0.05, 0.1) is 6.04 Å². The summed E-state index contributed by atoms with van der Waals surface area (Å²) in [6.45, 7) is 6.03. The molecule has 0 aromatic rings. The fraction of sp³-hybridized carbons (Fsp3) is 0.875. The summed E-state index contributed by atoms with van der Waals surface area (Å²) in [6.07, 6.45) is 0. The molecule has 4 nitrogen and oxygen atoms in total. The Morgan fingerprint density at radius 2 is 2.46 bits per heavy atom. The number of hydrogen-bond donors (Lipinski definition) is 2. The minimum absolute atomic E-state index is 0.0981. The molecule has 0 aromatic carbocycles. The number of hydrogen-bond acceptors (Lipinski definition) is 4. The van der Waals surface area contributed by atoms with Crippen molar-refractivity contribution in [2.75, 3.05) is 18.8 Å². The largest absolute Gasteiger partial charge is 0.293 e. The molecule has 1 fully saturated rings. The quantitative estimate of drug-likeness (QED) is 0.371. The number of nitrogens with two attached hydrogens (primary N) is 1. The molecule has 0 aliphatic carbocycles. The lowest BCUT2D eigenvalue weighted by Crippen LogP contribution is -2.51. The van der Waals surface area contributed by atoms with Crippen LogP contribution in [0.5, 0.6) is 0 Å². The van der Waals surface area contributed by atoms with Crippen LogP contribution in [-0.4, -0.2) is 40.9 Å². The molecule has 3 N–H and O–H groups in total. The molecule has 76 valence electrons. The predicted molar refractivity (Wildman–Crippen MR) is 55.3 cm³/mol. The van der Waals surface area contributed by atoms with E-state index in [-0.39, 0.29) is 11.9 Å². The first-order valence-corrected chi connectivity index (χ1v) is 5.56. The van der Waals surface area contributed by atoms with Gasteiger partial charge in [0.15, 0.2) is 0 Å². The molecule has 2 atom stereocenters. The van der Waals surface area contributed by atoms with Crippen LogP contribution in [0.4, 0.5) is 0 Å². The van der Waals surface area contributed by atoms with E-state index in [0.29, 0.717) is 5.25 Å². The Labute approximate surface area is 83.2 Å². The fourth-order valence-corrected chi connectivity index (χ4v) is 2.52. The van der Waals surface area contributed by atoms with Gasteiger partial charge in [-0.2, -0.15) is 11.8 Å². The Morgan fingerprint density at radius 3 is 3.00 bits per heavy atom. The monoisotopic (exact) mass is 203 g/mol. The number of carbonyl (C=O) groups is 1. The number of nitrogens with zero attached hydrogens (tertiary/aromatic N) is 1. The lowest BCUT2D eigenvalue weighted by atomic mass is 10.2. The van der Waals surface area contributed by atoms with Gasteiger partial charge < -0.3 is 0 Å². The van der Waals surface area contributed by atoms with E-state index in [4.69, 9.17) is 5.84 Å². The Kier molecular flexibility index (Phi) is 4.02. The maximum Gasteiger partial charge on any atom is 0.250 e. The Bertz CT molecular complexity index is 188. The second-order valence-corrected chi connectivity index (χ2v) is 4.91. The predicted octanol–water partition coefficient (Wildman–Crippen LogP) is -0.198. The number of carbonyl (C=O) groups excluding carboxylic acids is 1. The van der Waals surface area contributed by atoms with Crippen LogP contribution in [0.1, 0.15) is 13.8 Å². The summed E-state index contributed by atoms with van der Waals surface area (Å²) in [5.74, 6) is 6.09. The summed E-state index contributed by atoms with van der Waals surface area (Å²) in [5.41, 5.74) is 2.19. The average molecular weight is 203 g/mol. The van der Waals surface area contributed by atoms with Crippen molar-refractivity contribution in [3.05, 3.63) is 0 Å². The van der Waals surface area contributed by atoms with Crippen LogP contribution in [0.3, 0.4) is 0 Å². The summed E-state index contributed by atoms with van der Waals surface area (Å²) < 4.78 is 0. The van der Waals surface area contributed by atoms with E-state index in [1.807, 2.05) is 18.7 Å². The third-order valence-corrected chi connectivity index (χ3v) is 3.48. The normalized spacial score (nSPS) is 26.8. The molecule has 0 aromatic heterocycles. The van der Waals surface area contributed by atoms with Crippen molar-refractivity contribution >= 4 is 17.7 Å². The van der Waals surface area contributed by atoms with Crippen molar-refractivity contribution in [3.63, 3.8) is 0 Å². The first kappa shape index (κ1) is 10.8. The van der Waals surface area contributed by atoms with Gasteiger partial charge >= 0.3 is 0 Å². The van der Waals surface area contributed by atoms with Gasteiger partial charge in [-0.15, -0.1) is 0 Å². The first-order chi connectivity index (χ1) is 6.15. The Hall–Kier alpha value is -0.260. The van der Waals surface area contributed by atoms with Gasteiger partial charge in [0.25, 0.3) is 5.91 Å². The van der Waals surface area contributed by atoms with E-state index >= 15 is 0 Å². The molecule has 5 heteroatoms. The van der Waals surface area contributed by atoms with Crippen molar-refractivity contribution < 1.29 is 4.79 Å². The molecule has 0 radical (unpaired) electrons. The molecule has 2 unspecified atom stereocenters. The van der Waals surface area contributed by atoms with E-state index < -0.39 is 0 Å². The minimum Gasteiger partial charge on any atom is -0.293 e. The van der Waals surface area contributed by atoms with Crippen molar-refractivity contribution in [2.45, 2.75) is 25.1 Å². The molecule has 1 aliphatic rings. The molecule has 1 heterocycles. The maximum absolute atomic E-state index is 11.2. The number of hydrazine groups is 1. The molecular formula is C8H17N3OS. The highest BCUT2D eigenvalue weighted by molar-refractivity contribution is 7.99. The van der Waals surface area contributed by atoms with E-state index in [2.05, 4.69) is 17.2 Å². The molecule has 13 heavy (non-hydrogen) atoms. The molecule has 0 spiro atoms. The molecule has 1 rings (SSSR count). The highest BCUT2D eigenvalue weighted by Gasteiger charge is 2.25. The van der Waals surface area contributed by atoms with E-state index in [0.717, 1.165) is 18.8 Å². The Balaban J connectivity index is 2.45. The van der Waals surface area contributed by atoms with E-state index in [1.165, 1.54) is 0 Å². The zero-order chi connectivity index (χ0) is 9.84. The number of amides is 1. The lowest BCUT2D eigenvalue weighted by molar-refractivity contribution is -0.125. The number of thioether (sulfide) groups is 1. The smallest absolute Gasteiger partial charge is 0.250 e. The molecule has 1 saturated heterocycles. The van der Waals surface area contributed by atoms with E-state index in [9.17, 15) is 4.79 Å². The molecule has 0 saturated carbocycles.